The average molecular weight is 487 g/mol. The number of benzene rings is 2. The first-order valence-corrected chi connectivity index (χ1v) is 10.8. The van der Waals surface area contributed by atoms with Crippen LogP contribution in [0.25, 0.3) is 23.1 Å². The molecular formula is C23H24F3N7O2. The van der Waals surface area contributed by atoms with Gasteiger partial charge in [-0.05, 0) is 63.0 Å². The molecule has 0 aliphatic heterocycles. The third-order valence-corrected chi connectivity index (χ3v) is 4.97. The second-order valence-electron chi connectivity index (χ2n) is 8.07. The Morgan fingerprint density at radius 1 is 1.06 bits per heavy atom. The van der Waals surface area contributed by atoms with E-state index in [0.717, 1.165) is 24.3 Å². The number of nitrogens with one attached hydrogen (secondary N) is 1. The molecule has 0 unspecified atom stereocenters. The molecule has 4 aromatic rings. The largest absolute Gasteiger partial charge is 0.573 e. The van der Waals surface area contributed by atoms with Crippen LogP contribution in [-0.2, 0) is 6.54 Å². The molecular weight excluding hydrogens is 463 g/mol. The molecule has 0 aliphatic rings. The Balaban J connectivity index is 1.45. The van der Waals surface area contributed by atoms with Crippen LogP contribution >= 0.6 is 0 Å². The molecule has 0 saturated carbocycles. The van der Waals surface area contributed by atoms with Crippen LogP contribution in [0.5, 0.6) is 5.75 Å². The highest BCUT2D eigenvalue weighted by Crippen LogP contribution is 2.26. The van der Waals surface area contributed by atoms with Gasteiger partial charge in [0.05, 0.1) is 6.54 Å². The highest BCUT2D eigenvalue weighted by molar-refractivity contribution is 5.57. The molecule has 0 atom stereocenters. The Labute approximate surface area is 199 Å². The minimum absolute atomic E-state index is 0.108. The van der Waals surface area contributed by atoms with Crippen molar-refractivity contribution in [3.05, 3.63) is 59.9 Å². The molecule has 0 bridgehead atoms. The van der Waals surface area contributed by atoms with Crippen molar-refractivity contribution >= 4 is 5.69 Å². The van der Waals surface area contributed by atoms with E-state index in [4.69, 9.17) is 4.52 Å². The number of likely N-dealkylation sites (N-methyl/N-ethyl adjacent to an activating group) is 1. The molecule has 35 heavy (non-hydrogen) atoms. The van der Waals surface area contributed by atoms with Gasteiger partial charge in [0.1, 0.15) is 11.6 Å². The zero-order valence-electron chi connectivity index (χ0n) is 19.4. The number of halogens is 3. The van der Waals surface area contributed by atoms with Gasteiger partial charge >= 0.3 is 6.36 Å². The Morgan fingerprint density at radius 2 is 1.83 bits per heavy atom. The number of rotatable bonds is 9. The maximum absolute atomic E-state index is 12.3. The van der Waals surface area contributed by atoms with Gasteiger partial charge < -0.3 is 19.5 Å². The summed E-state index contributed by atoms with van der Waals surface area (Å²) >= 11 is 0. The van der Waals surface area contributed by atoms with Crippen molar-refractivity contribution in [1.29, 1.82) is 0 Å². The zero-order chi connectivity index (χ0) is 25.0. The summed E-state index contributed by atoms with van der Waals surface area (Å²) in [5, 5.41) is 11.8. The summed E-state index contributed by atoms with van der Waals surface area (Å²) in [5.74, 6) is 0.900. The summed E-state index contributed by atoms with van der Waals surface area (Å²) in [4.78, 5) is 10.8. The lowest BCUT2D eigenvalue weighted by Gasteiger charge is -2.12. The van der Waals surface area contributed by atoms with E-state index in [0.29, 0.717) is 17.9 Å². The normalized spacial score (nSPS) is 11.7. The van der Waals surface area contributed by atoms with Crippen LogP contribution in [0.1, 0.15) is 11.4 Å². The van der Waals surface area contributed by atoms with E-state index < -0.39 is 6.36 Å². The molecule has 2 aromatic carbocycles. The topological polar surface area (TPSA) is 94.1 Å². The average Bonchev–Trinajstić information content (AvgIpc) is 3.41. The molecule has 9 nitrogen and oxygen atoms in total. The Morgan fingerprint density at radius 3 is 2.54 bits per heavy atom. The number of ether oxygens (including phenoxy) is 1. The van der Waals surface area contributed by atoms with Crippen molar-refractivity contribution in [2.45, 2.75) is 19.8 Å². The van der Waals surface area contributed by atoms with Gasteiger partial charge in [-0.3, -0.25) is 0 Å². The molecule has 184 valence electrons. The SMILES string of the molecule is Cc1nc(-c2nc(-c3ccc(OC(F)(F)F)cc3)no2)nn1Cc1cccc(NCCN(C)C)c1. The second kappa shape index (κ2) is 10.1. The predicted octanol–water partition coefficient (Wildman–Crippen LogP) is 4.22. The van der Waals surface area contributed by atoms with Crippen LogP contribution in [0.3, 0.4) is 0 Å². The van der Waals surface area contributed by atoms with Gasteiger partial charge in [0, 0.05) is 24.3 Å². The lowest BCUT2D eigenvalue weighted by molar-refractivity contribution is -0.274. The van der Waals surface area contributed by atoms with Crippen LogP contribution in [0.4, 0.5) is 18.9 Å². The fourth-order valence-corrected chi connectivity index (χ4v) is 3.27. The first-order valence-electron chi connectivity index (χ1n) is 10.8. The van der Waals surface area contributed by atoms with E-state index in [-0.39, 0.29) is 23.3 Å². The summed E-state index contributed by atoms with van der Waals surface area (Å²) in [6.07, 6.45) is -4.76. The van der Waals surface area contributed by atoms with E-state index in [1.165, 1.54) is 24.3 Å². The Kier molecular flexibility index (Phi) is 7.01. The molecule has 0 aliphatic carbocycles. The van der Waals surface area contributed by atoms with Crippen LogP contribution in [0.2, 0.25) is 0 Å². The standard InChI is InChI=1S/C23H24F3N7O2/c1-15-28-21(30-33(15)14-16-5-4-6-18(13-16)27-11-12-32(2)3)22-29-20(31-35-22)17-7-9-19(10-8-17)34-23(24,25)26/h4-10,13,27H,11-12,14H2,1-3H3. The van der Waals surface area contributed by atoms with E-state index in [2.05, 4.69) is 41.2 Å². The molecule has 0 spiro atoms. The van der Waals surface area contributed by atoms with E-state index in [1.54, 1.807) is 4.68 Å². The number of alkyl halides is 3. The summed E-state index contributed by atoms with van der Waals surface area (Å²) in [7, 11) is 4.05. The van der Waals surface area contributed by atoms with Crippen LogP contribution in [0, 0.1) is 6.92 Å². The third-order valence-electron chi connectivity index (χ3n) is 4.97. The van der Waals surface area contributed by atoms with Crippen molar-refractivity contribution in [1.82, 2.24) is 29.8 Å². The van der Waals surface area contributed by atoms with Crippen LogP contribution < -0.4 is 10.1 Å². The molecule has 12 heteroatoms. The van der Waals surface area contributed by atoms with Crippen molar-refractivity contribution in [2.24, 2.45) is 0 Å². The lowest BCUT2D eigenvalue weighted by atomic mass is 10.2. The Bertz CT molecular complexity index is 1270. The summed E-state index contributed by atoms with van der Waals surface area (Å²) in [5.41, 5.74) is 2.53. The second-order valence-corrected chi connectivity index (χ2v) is 8.07. The molecule has 2 aromatic heterocycles. The molecule has 1 N–H and O–H groups in total. The fraction of sp³-hybridized carbons (Fsp3) is 0.304. The molecule has 4 rings (SSSR count). The maximum Gasteiger partial charge on any atom is 0.573 e. The zero-order valence-corrected chi connectivity index (χ0v) is 19.4. The van der Waals surface area contributed by atoms with Crippen molar-refractivity contribution in [2.75, 3.05) is 32.5 Å². The predicted molar refractivity (Wildman–Crippen MR) is 123 cm³/mol. The van der Waals surface area contributed by atoms with Crippen LogP contribution in [0.15, 0.2) is 53.1 Å². The number of anilines is 1. The number of aryl methyl sites for hydroxylation is 1. The van der Waals surface area contributed by atoms with Crippen LogP contribution in [-0.4, -0.2) is 63.4 Å². The molecule has 2 heterocycles. The van der Waals surface area contributed by atoms with Gasteiger partial charge in [0.2, 0.25) is 11.6 Å². The smallest absolute Gasteiger partial charge is 0.406 e. The van der Waals surface area contributed by atoms with E-state index in [1.807, 2.05) is 39.2 Å². The van der Waals surface area contributed by atoms with Gasteiger partial charge in [-0.25, -0.2) is 9.67 Å². The lowest BCUT2D eigenvalue weighted by Crippen LogP contribution is -2.20. The number of nitrogens with zero attached hydrogens (tertiary/aromatic N) is 6. The summed E-state index contributed by atoms with van der Waals surface area (Å²) < 4.78 is 47.9. The Hall–Kier alpha value is -3.93. The minimum Gasteiger partial charge on any atom is -0.406 e. The first-order chi connectivity index (χ1) is 16.7. The first kappa shape index (κ1) is 24.2. The van der Waals surface area contributed by atoms with Crippen molar-refractivity contribution < 1.29 is 22.4 Å². The van der Waals surface area contributed by atoms with Crippen molar-refractivity contribution in [3.8, 4) is 28.9 Å². The monoisotopic (exact) mass is 487 g/mol. The summed E-state index contributed by atoms with van der Waals surface area (Å²) in [6.45, 7) is 4.09. The fourth-order valence-electron chi connectivity index (χ4n) is 3.27. The quantitative estimate of drug-likeness (QED) is 0.375. The maximum atomic E-state index is 12.3. The molecule has 0 amide bonds. The van der Waals surface area contributed by atoms with E-state index in [9.17, 15) is 13.2 Å². The number of hydrogen-bond donors (Lipinski definition) is 1. The van der Waals surface area contributed by atoms with Gasteiger partial charge in [0.25, 0.3) is 5.89 Å². The van der Waals surface area contributed by atoms with E-state index >= 15 is 0 Å². The van der Waals surface area contributed by atoms with Crippen molar-refractivity contribution in [3.63, 3.8) is 0 Å². The van der Waals surface area contributed by atoms with Gasteiger partial charge in [0.15, 0.2) is 0 Å². The highest BCUT2D eigenvalue weighted by atomic mass is 19.4. The molecule has 0 saturated heterocycles. The third kappa shape index (κ3) is 6.57. The number of hydrogen-bond acceptors (Lipinski definition) is 8. The molecule has 0 radical (unpaired) electrons. The number of aromatic nitrogens is 5. The minimum atomic E-state index is -4.76. The highest BCUT2D eigenvalue weighted by Gasteiger charge is 2.31. The van der Waals surface area contributed by atoms with Gasteiger partial charge in [-0.2, -0.15) is 4.98 Å². The molecule has 0 fully saturated rings. The van der Waals surface area contributed by atoms with Gasteiger partial charge in [-0.15, -0.1) is 18.3 Å². The summed E-state index contributed by atoms with van der Waals surface area (Å²) in [6, 6.07) is 13.2. The van der Waals surface area contributed by atoms with Gasteiger partial charge in [-0.1, -0.05) is 17.3 Å².